The van der Waals surface area contributed by atoms with E-state index in [0.29, 0.717) is 5.41 Å². The van der Waals surface area contributed by atoms with Crippen molar-refractivity contribution in [3.63, 3.8) is 0 Å². The molecule has 2 unspecified atom stereocenters. The van der Waals surface area contributed by atoms with Crippen LogP contribution in [0.3, 0.4) is 0 Å². The molecule has 0 aromatic carbocycles. The lowest BCUT2D eigenvalue weighted by Gasteiger charge is -2.39. The van der Waals surface area contributed by atoms with E-state index in [1.807, 2.05) is 0 Å². The molecule has 0 spiro atoms. The number of hydrogen-bond acceptors (Lipinski definition) is 3. The highest BCUT2D eigenvalue weighted by atomic mass is 15.2. The number of rotatable bonds is 8. The second-order valence-corrected chi connectivity index (χ2v) is 6.99. The molecule has 20 heavy (non-hydrogen) atoms. The Balaban J connectivity index is 2.68. The molecule has 3 nitrogen and oxygen atoms in total. The van der Waals surface area contributed by atoms with E-state index in [0.717, 1.165) is 19.1 Å². The van der Waals surface area contributed by atoms with Crippen LogP contribution in [0.2, 0.25) is 0 Å². The van der Waals surface area contributed by atoms with Gasteiger partial charge in [-0.25, -0.2) is 0 Å². The Morgan fingerprint density at radius 2 is 1.95 bits per heavy atom. The fraction of sp³-hybridized carbons (Fsp3) is 1.00. The molecule has 1 aliphatic rings. The van der Waals surface area contributed by atoms with Gasteiger partial charge >= 0.3 is 0 Å². The van der Waals surface area contributed by atoms with Crippen LogP contribution in [0, 0.1) is 5.41 Å². The molecule has 1 saturated heterocycles. The second kappa shape index (κ2) is 9.01. The van der Waals surface area contributed by atoms with E-state index in [1.165, 1.54) is 51.9 Å². The van der Waals surface area contributed by atoms with Crippen LogP contribution in [-0.4, -0.2) is 62.2 Å². The second-order valence-electron chi connectivity index (χ2n) is 6.99. The van der Waals surface area contributed by atoms with Crippen molar-refractivity contribution in [2.24, 2.45) is 5.41 Å². The van der Waals surface area contributed by atoms with Crippen LogP contribution in [0.25, 0.3) is 0 Å². The zero-order valence-electron chi connectivity index (χ0n) is 14.5. The summed E-state index contributed by atoms with van der Waals surface area (Å²) >= 11 is 0. The zero-order chi connectivity index (χ0) is 15.0. The van der Waals surface area contributed by atoms with Crippen molar-refractivity contribution in [2.45, 2.75) is 59.4 Å². The maximum atomic E-state index is 3.58. The van der Waals surface area contributed by atoms with Gasteiger partial charge in [0, 0.05) is 25.7 Å². The number of likely N-dealkylation sites (N-methyl/N-ethyl adjacent to an activating group) is 1. The topological polar surface area (TPSA) is 18.5 Å². The van der Waals surface area contributed by atoms with Crippen molar-refractivity contribution in [1.82, 2.24) is 15.1 Å². The zero-order valence-corrected chi connectivity index (χ0v) is 14.5. The smallest absolute Gasteiger partial charge is 0.0220 e. The Hall–Kier alpha value is -0.120. The first-order chi connectivity index (χ1) is 9.54. The van der Waals surface area contributed by atoms with Crippen LogP contribution in [0.5, 0.6) is 0 Å². The summed E-state index contributed by atoms with van der Waals surface area (Å²) in [6, 6.07) is 0.736. The predicted molar refractivity (Wildman–Crippen MR) is 89.3 cm³/mol. The first kappa shape index (κ1) is 17.9. The van der Waals surface area contributed by atoms with E-state index in [-0.39, 0.29) is 0 Å². The van der Waals surface area contributed by atoms with Gasteiger partial charge in [0.25, 0.3) is 0 Å². The van der Waals surface area contributed by atoms with E-state index in [4.69, 9.17) is 0 Å². The summed E-state index contributed by atoms with van der Waals surface area (Å²) < 4.78 is 0. The van der Waals surface area contributed by atoms with E-state index < -0.39 is 0 Å². The number of nitrogens with one attached hydrogen (secondary N) is 1. The first-order valence-electron chi connectivity index (χ1n) is 8.68. The van der Waals surface area contributed by atoms with Gasteiger partial charge in [-0.05, 0) is 51.4 Å². The van der Waals surface area contributed by atoms with Crippen LogP contribution < -0.4 is 5.32 Å². The fourth-order valence-corrected chi connectivity index (χ4v) is 3.63. The fourth-order valence-electron chi connectivity index (χ4n) is 3.63. The third-order valence-electron chi connectivity index (χ3n) is 4.74. The summed E-state index contributed by atoms with van der Waals surface area (Å²) in [5.41, 5.74) is 0.418. The van der Waals surface area contributed by atoms with E-state index >= 15 is 0 Å². The van der Waals surface area contributed by atoms with Gasteiger partial charge in [-0.15, -0.1) is 0 Å². The van der Waals surface area contributed by atoms with Crippen molar-refractivity contribution in [2.75, 3.05) is 46.3 Å². The molecule has 0 aliphatic carbocycles. The quantitative estimate of drug-likeness (QED) is 0.739. The molecular weight excluding hydrogens is 246 g/mol. The van der Waals surface area contributed by atoms with Crippen LogP contribution in [0.4, 0.5) is 0 Å². The standard InChI is InChI=1S/C17H37N3/c1-6-10-17(4,14-18-8-3)15-20-12-9-11-19(5)13-16(20)7-2/h16,18H,6-15H2,1-5H3. The Labute approximate surface area is 127 Å². The van der Waals surface area contributed by atoms with Gasteiger partial charge in [0.2, 0.25) is 0 Å². The molecule has 0 aromatic rings. The maximum absolute atomic E-state index is 3.58. The Morgan fingerprint density at radius 3 is 2.55 bits per heavy atom. The van der Waals surface area contributed by atoms with Crippen molar-refractivity contribution < 1.29 is 0 Å². The lowest BCUT2D eigenvalue weighted by atomic mass is 9.84. The predicted octanol–water partition coefficient (Wildman–Crippen LogP) is 2.82. The van der Waals surface area contributed by atoms with Crippen LogP contribution in [0.1, 0.15) is 53.4 Å². The highest BCUT2D eigenvalue weighted by molar-refractivity contribution is 4.86. The number of nitrogens with zero attached hydrogens (tertiary/aromatic N) is 2. The summed E-state index contributed by atoms with van der Waals surface area (Å²) in [5, 5.41) is 3.58. The lowest BCUT2D eigenvalue weighted by molar-refractivity contribution is 0.107. The Morgan fingerprint density at radius 1 is 1.20 bits per heavy atom. The lowest BCUT2D eigenvalue weighted by Crippen LogP contribution is -2.48. The largest absolute Gasteiger partial charge is 0.316 e. The van der Waals surface area contributed by atoms with Crippen molar-refractivity contribution in [1.29, 1.82) is 0 Å². The van der Waals surface area contributed by atoms with Crippen molar-refractivity contribution >= 4 is 0 Å². The maximum Gasteiger partial charge on any atom is 0.0220 e. The monoisotopic (exact) mass is 283 g/mol. The molecule has 1 N–H and O–H groups in total. The molecule has 120 valence electrons. The molecule has 0 saturated carbocycles. The minimum Gasteiger partial charge on any atom is -0.316 e. The molecule has 1 fully saturated rings. The Kier molecular flexibility index (Phi) is 8.08. The average Bonchev–Trinajstić information content (AvgIpc) is 2.58. The minimum absolute atomic E-state index is 0.418. The molecule has 3 heteroatoms. The van der Waals surface area contributed by atoms with Crippen molar-refractivity contribution in [3.8, 4) is 0 Å². The van der Waals surface area contributed by atoms with Crippen LogP contribution >= 0.6 is 0 Å². The summed E-state index contributed by atoms with van der Waals surface area (Å²) in [7, 11) is 2.27. The minimum atomic E-state index is 0.418. The van der Waals surface area contributed by atoms with Gasteiger partial charge < -0.3 is 10.2 Å². The molecule has 0 amide bonds. The average molecular weight is 284 g/mol. The molecule has 1 rings (SSSR count). The first-order valence-corrected chi connectivity index (χ1v) is 8.68. The SMILES string of the molecule is CCCC(C)(CNCC)CN1CCCN(C)CC1CC. The summed E-state index contributed by atoms with van der Waals surface area (Å²) in [5.74, 6) is 0. The third kappa shape index (κ3) is 5.71. The van der Waals surface area contributed by atoms with Gasteiger partial charge in [-0.1, -0.05) is 34.1 Å². The van der Waals surface area contributed by atoms with E-state index in [9.17, 15) is 0 Å². The van der Waals surface area contributed by atoms with E-state index in [1.54, 1.807) is 0 Å². The van der Waals surface area contributed by atoms with Crippen LogP contribution in [-0.2, 0) is 0 Å². The van der Waals surface area contributed by atoms with Crippen LogP contribution in [0.15, 0.2) is 0 Å². The molecule has 1 heterocycles. The Bertz CT molecular complexity index is 257. The molecule has 0 bridgehead atoms. The highest BCUT2D eigenvalue weighted by Gasteiger charge is 2.30. The highest BCUT2D eigenvalue weighted by Crippen LogP contribution is 2.26. The molecule has 0 aromatic heterocycles. The van der Waals surface area contributed by atoms with E-state index in [2.05, 4.69) is 49.9 Å². The van der Waals surface area contributed by atoms with Crippen molar-refractivity contribution in [3.05, 3.63) is 0 Å². The summed E-state index contributed by atoms with van der Waals surface area (Å²) in [4.78, 5) is 5.28. The third-order valence-corrected chi connectivity index (χ3v) is 4.74. The number of hydrogen-bond donors (Lipinski definition) is 1. The van der Waals surface area contributed by atoms with Gasteiger partial charge in [0.1, 0.15) is 0 Å². The summed E-state index contributed by atoms with van der Waals surface area (Å²) in [6.45, 7) is 16.6. The molecule has 0 radical (unpaired) electrons. The molecule has 2 atom stereocenters. The van der Waals surface area contributed by atoms with Gasteiger partial charge in [0.15, 0.2) is 0 Å². The molecule has 1 aliphatic heterocycles. The normalized spacial score (nSPS) is 25.4. The van der Waals surface area contributed by atoms with Gasteiger partial charge in [0.05, 0.1) is 0 Å². The molecular formula is C17H37N3. The van der Waals surface area contributed by atoms with Gasteiger partial charge in [-0.3, -0.25) is 4.90 Å². The van der Waals surface area contributed by atoms with Gasteiger partial charge in [-0.2, -0.15) is 0 Å². The summed E-state index contributed by atoms with van der Waals surface area (Å²) in [6.07, 6.45) is 5.19.